The zero-order chi connectivity index (χ0) is 4.50. The van der Waals surface area contributed by atoms with Crippen molar-refractivity contribution in [1.82, 2.24) is 0 Å². The molecule has 0 saturated carbocycles. The van der Waals surface area contributed by atoms with E-state index in [2.05, 4.69) is 0 Å². The molecule has 0 atom stereocenters. The van der Waals surface area contributed by atoms with Gasteiger partial charge in [-0.25, -0.2) is 0 Å². The van der Waals surface area contributed by atoms with Crippen molar-refractivity contribution in [2.75, 3.05) is 0 Å². The quantitative estimate of drug-likeness (QED) is 0.273. The van der Waals surface area contributed by atoms with E-state index in [1.807, 2.05) is 0 Å². The Bertz CT molecular complexity index is 27.2. The molecule has 0 spiro atoms. The minimum atomic E-state index is -4.61. The Balaban J connectivity index is -0.0000000800. The number of rotatable bonds is 0. The molecule has 0 heterocycles. The molecule has 7 heavy (non-hydrogen) atoms. The summed E-state index contributed by atoms with van der Waals surface area (Å²) >= 11 is 0. The van der Waals surface area contributed by atoms with Gasteiger partial charge in [0.15, 0.2) is 0 Å². The van der Waals surface area contributed by atoms with Gasteiger partial charge in [0.1, 0.15) is 0 Å². The maximum absolute atomic E-state index is 7.33. The van der Waals surface area contributed by atoms with Crippen molar-refractivity contribution in [2.24, 2.45) is 0 Å². The summed E-state index contributed by atoms with van der Waals surface area (Å²) in [6.45, 7) is 0. The van der Waals surface area contributed by atoms with Gasteiger partial charge in [0.2, 0.25) is 0 Å². The van der Waals surface area contributed by atoms with Crippen LogP contribution in [0.4, 0.5) is 0 Å². The molecule has 36 valence electrons. The third-order valence-corrected chi connectivity index (χ3v) is 0. The third kappa shape index (κ3) is 53.7. The average molecular weight is 160 g/mol. The van der Waals surface area contributed by atoms with E-state index in [4.69, 9.17) is 19.2 Å². The standard InChI is InChI=1S/K.Na.H4O4Si.2H/c;;1-5(2,3)4;;/h;;1-4H;;. The molecule has 0 rings (SSSR count). The molecule has 0 radical (unpaired) electrons. The van der Waals surface area contributed by atoms with Crippen LogP contribution in [0.25, 0.3) is 0 Å². The molecule has 0 fully saturated rings. The van der Waals surface area contributed by atoms with Crippen LogP contribution in [0.3, 0.4) is 0 Å². The molecular formula is H6KNaO4Si. The van der Waals surface area contributed by atoms with Gasteiger partial charge in [0.05, 0.1) is 0 Å². The second-order valence-electron chi connectivity index (χ2n) is 0.600. The van der Waals surface area contributed by atoms with Crippen molar-refractivity contribution in [3.05, 3.63) is 0 Å². The summed E-state index contributed by atoms with van der Waals surface area (Å²) < 4.78 is 0. The monoisotopic (exact) mass is 160 g/mol. The maximum atomic E-state index is 7.33. The Morgan fingerprint density at radius 1 is 0.857 bits per heavy atom. The fourth-order valence-electron chi connectivity index (χ4n) is 0. The van der Waals surface area contributed by atoms with Gasteiger partial charge in [-0.15, -0.1) is 0 Å². The first-order valence-electron chi connectivity index (χ1n) is 0.894. The molecule has 4 nitrogen and oxygen atoms in total. The van der Waals surface area contributed by atoms with E-state index in [1.165, 1.54) is 0 Å². The topological polar surface area (TPSA) is 80.9 Å². The summed E-state index contributed by atoms with van der Waals surface area (Å²) in [6, 6.07) is 0. The first kappa shape index (κ1) is 16.4. The van der Waals surface area contributed by atoms with E-state index in [0.717, 1.165) is 0 Å². The summed E-state index contributed by atoms with van der Waals surface area (Å²) in [5, 5.41) is 0. The van der Waals surface area contributed by atoms with Crippen LogP contribution in [-0.4, -0.2) is 109 Å². The Hall–Kier alpha value is 2.69. The van der Waals surface area contributed by atoms with Crippen LogP contribution in [0, 0.1) is 0 Å². The van der Waals surface area contributed by atoms with Crippen LogP contribution in [-0.2, 0) is 0 Å². The molecule has 0 unspecified atom stereocenters. The van der Waals surface area contributed by atoms with Gasteiger partial charge >= 0.3 is 90.0 Å². The molecule has 0 aliphatic heterocycles. The van der Waals surface area contributed by atoms with Gasteiger partial charge in [0, 0.05) is 0 Å². The van der Waals surface area contributed by atoms with Crippen LogP contribution in [0.2, 0.25) is 0 Å². The van der Waals surface area contributed by atoms with Crippen molar-refractivity contribution in [3.8, 4) is 0 Å². The molecule has 0 aromatic heterocycles. The summed E-state index contributed by atoms with van der Waals surface area (Å²) in [4.78, 5) is 29.3. The second-order valence-corrected chi connectivity index (χ2v) is 1.80. The predicted octanol–water partition coefficient (Wildman–Crippen LogP) is -3.91. The molecule has 0 saturated heterocycles. The van der Waals surface area contributed by atoms with E-state index in [9.17, 15) is 0 Å². The Labute approximate surface area is 107 Å². The van der Waals surface area contributed by atoms with Gasteiger partial charge in [-0.2, -0.15) is 0 Å². The van der Waals surface area contributed by atoms with E-state index in [-0.39, 0.29) is 80.9 Å². The SMILES string of the molecule is O[Si](O)(O)O.[KH].[NaH]. The van der Waals surface area contributed by atoms with E-state index in [0.29, 0.717) is 0 Å². The minimum absolute atomic E-state index is 0. The van der Waals surface area contributed by atoms with Crippen molar-refractivity contribution >= 4 is 90.0 Å². The van der Waals surface area contributed by atoms with Crippen LogP contribution in [0.15, 0.2) is 0 Å². The molecule has 0 amide bonds. The van der Waals surface area contributed by atoms with Gasteiger partial charge in [-0.3, -0.25) is 0 Å². The van der Waals surface area contributed by atoms with E-state index >= 15 is 0 Å². The second kappa shape index (κ2) is 6.81. The van der Waals surface area contributed by atoms with Crippen molar-refractivity contribution in [2.45, 2.75) is 0 Å². The molecular weight excluding hydrogens is 154 g/mol. The van der Waals surface area contributed by atoms with E-state index < -0.39 is 9.05 Å². The summed E-state index contributed by atoms with van der Waals surface area (Å²) in [7, 11) is -4.61. The zero-order valence-corrected chi connectivity index (χ0v) is 3.29. The van der Waals surface area contributed by atoms with Gasteiger partial charge < -0.3 is 19.2 Å². The van der Waals surface area contributed by atoms with Gasteiger partial charge in [0.25, 0.3) is 0 Å². The number of hydrogen-bond donors (Lipinski definition) is 4. The Morgan fingerprint density at radius 3 is 0.857 bits per heavy atom. The molecule has 7 heteroatoms. The normalized spacial score (nSPS) is 8.57. The van der Waals surface area contributed by atoms with Crippen LogP contribution < -0.4 is 0 Å². The Kier molecular flexibility index (Phi) is 15.9. The first-order chi connectivity index (χ1) is 2.00. The first-order valence-corrected chi connectivity index (χ1v) is 2.68. The average Bonchev–Trinajstić information content (AvgIpc) is 0.722. The summed E-state index contributed by atoms with van der Waals surface area (Å²) in [5.41, 5.74) is 0. The number of hydrogen-bond acceptors (Lipinski definition) is 4. The molecule has 4 N–H and O–H groups in total. The van der Waals surface area contributed by atoms with E-state index in [1.54, 1.807) is 0 Å². The van der Waals surface area contributed by atoms with Crippen molar-refractivity contribution in [1.29, 1.82) is 0 Å². The summed E-state index contributed by atoms with van der Waals surface area (Å²) in [5.74, 6) is 0. The van der Waals surface area contributed by atoms with Crippen molar-refractivity contribution < 1.29 is 19.2 Å². The molecule has 0 bridgehead atoms. The van der Waals surface area contributed by atoms with Crippen LogP contribution in [0.1, 0.15) is 0 Å². The van der Waals surface area contributed by atoms with Crippen LogP contribution >= 0.6 is 0 Å². The zero-order valence-electron chi connectivity index (χ0n) is 2.29. The fraction of sp³-hybridized carbons (Fsp3) is 0. The van der Waals surface area contributed by atoms with Gasteiger partial charge in [-0.05, 0) is 0 Å². The van der Waals surface area contributed by atoms with Gasteiger partial charge in [-0.1, -0.05) is 0 Å². The molecule has 0 aliphatic carbocycles. The third-order valence-electron chi connectivity index (χ3n) is 0. The fourth-order valence-corrected chi connectivity index (χ4v) is 0. The Morgan fingerprint density at radius 2 is 0.857 bits per heavy atom. The molecule has 0 aromatic rings. The molecule has 0 aliphatic rings. The van der Waals surface area contributed by atoms with Crippen molar-refractivity contribution in [3.63, 3.8) is 0 Å². The molecule has 0 aromatic carbocycles. The predicted molar refractivity (Wildman–Crippen MR) is 28.9 cm³/mol. The van der Waals surface area contributed by atoms with Crippen LogP contribution in [0.5, 0.6) is 0 Å². The summed E-state index contributed by atoms with van der Waals surface area (Å²) in [6.07, 6.45) is 0.